The van der Waals surface area contributed by atoms with Gasteiger partial charge in [-0.05, 0) is 36.1 Å². The van der Waals surface area contributed by atoms with Crippen LogP contribution in [0.4, 0.5) is 5.69 Å². The second-order valence-electron chi connectivity index (χ2n) is 6.20. The van der Waals surface area contributed by atoms with Gasteiger partial charge >= 0.3 is 0 Å². The predicted octanol–water partition coefficient (Wildman–Crippen LogP) is 4.12. The van der Waals surface area contributed by atoms with Crippen molar-refractivity contribution in [2.45, 2.75) is 26.2 Å². The van der Waals surface area contributed by atoms with Crippen LogP contribution in [-0.4, -0.2) is 16.9 Å². The number of nitrogens with one attached hydrogen (secondary N) is 1. The minimum atomic E-state index is -0.268. The number of aromatic nitrogens is 1. The molecule has 0 spiro atoms. The Kier molecular flexibility index (Phi) is 5.27. The summed E-state index contributed by atoms with van der Waals surface area (Å²) in [7, 11) is 0. The first-order valence-electron chi connectivity index (χ1n) is 8.68. The highest BCUT2D eigenvalue weighted by molar-refractivity contribution is 6.13. The van der Waals surface area contributed by atoms with Crippen molar-refractivity contribution in [3.05, 3.63) is 71.9 Å². The number of guanidine groups is 1. The van der Waals surface area contributed by atoms with Crippen LogP contribution in [0.1, 0.15) is 42.1 Å². The van der Waals surface area contributed by atoms with Crippen molar-refractivity contribution in [2.75, 3.05) is 0 Å². The largest absolute Gasteiger partial charge is 0.369 e. The number of fused-ring (bicyclic) bond motifs is 1. The van der Waals surface area contributed by atoms with Crippen LogP contribution in [0.25, 0.3) is 10.9 Å². The summed E-state index contributed by atoms with van der Waals surface area (Å²) < 4.78 is 0. The number of hydrogen-bond acceptors (Lipinski definition) is 3. The zero-order chi connectivity index (χ0) is 18.5. The van der Waals surface area contributed by atoms with Crippen LogP contribution in [-0.2, 0) is 0 Å². The fraction of sp³-hybridized carbons (Fsp3) is 0.190. The smallest absolute Gasteiger partial charge is 0.258 e. The van der Waals surface area contributed by atoms with E-state index in [4.69, 9.17) is 5.73 Å². The molecule has 0 aliphatic rings. The standard InChI is InChI=1S/C21H22N4O/c1-3-14(2)17-13-23-18-12-8-7-11-16(18)19(17)20(26)25-21(22)24-15-9-5-4-6-10-15/h4-14H,3H2,1-2H3,(H3,22,24,25,26). The minimum Gasteiger partial charge on any atom is -0.369 e. The lowest BCUT2D eigenvalue weighted by atomic mass is 9.92. The summed E-state index contributed by atoms with van der Waals surface area (Å²) >= 11 is 0. The zero-order valence-corrected chi connectivity index (χ0v) is 14.9. The van der Waals surface area contributed by atoms with E-state index in [2.05, 4.69) is 29.1 Å². The van der Waals surface area contributed by atoms with Gasteiger partial charge in [-0.2, -0.15) is 0 Å². The van der Waals surface area contributed by atoms with Crippen molar-refractivity contribution in [3.63, 3.8) is 0 Å². The maximum Gasteiger partial charge on any atom is 0.258 e. The molecule has 26 heavy (non-hydrogen) atoms. The van der Waals surface area contributed by atoms with Crippen LogP contribution in [0.15, 0.2) is 65.8 Å². The predicted molar refractivity (Wildman–Crippen MR) is 106 cm³/mol. The molecule has 0 aliphatic carbocycles. The maximum absolute atomic E-state index is 13.0. The maximum atomic E-state index is 13.0. The highest BCUT2D eigenvalue weighted by Crippen LogP contribution is 2.28. The molecule has 2 aromatic carbocycles. The molecule has 3 aromatic rings. The van der Waals surface area contributed by atoms with Crippen molar-refractivity contribution in [2.24, 2.45) is 10.7 Å². The van der Waals surface area contributed by atoms with Gasteiger partial charge in [0.15, 0.2) is 0 Å². The monoisotopic (exact) mass is 346 g/mol. The number of para-hydroxylation sites is 2. The van der Waals surface area contributed by atoms with E-state index in [0.717, 1.165) is 22.9 Å². The SMILES string of the molecule is CCC(C)c1cnc2ccccc2c1C(=O)NC(N)=Nc1ccccc1. The van der Waals surface area contributed by atoms with Gasteiger partial charge in [-0.1, -0.05) is 50.2 Å². The van der Waals surface area contributed by atoms with Crippen LogP contribution in [0.2, 0.25) is 0 Å². The van der Waals surface area contributed by atoms with Crippen LogP contribution < -0.4 is 11.1 Å². The molecule has 3 rings (SSSR count). The molecule has 0 radical (unpaired) electrons. The van der Waals surface area contributed by atoms with Crippen molar-refractivity contribution in [1.82, 2.24) is 10.3 Å². The van der Waals surface area contributed by atoms with E-state index in [0.29, 0.717) is 11.3 Å². The molecular formula is C21H22N4O. The molecule has 0 saturated carbocycles. The molecule has 3 N–H and O–H groups in total. The van der Waals surface area contributed by atoms with Crippen molar-refractivity contribution in [1.29, 1.82) is 0 Å². The Hall–Kier alpha value is -3.21. The minimum absolute atomic E-state index is 0.0668. The van der Waals surface area contributed by atoms with Gasteiger partial charge in [-0.15, -0.1) is 0 Å². The van der Waals surface area contributed by atoms with E-state index in [1.807, 2.05) is 54.6 Å². The third-order valence-electron chi connectivity index (χ3n) is 4.42. The summed E-state index contributed by atoms with van der Waals surface area (Å²) in [5.41, 5.74) is 8.94. The fourth-order valence-electron chi connectivity index (χ4n) is 2.85. The Labute approximate surface area is 153 Å². The summed E-state index contributed by atoms with van der Waals surface area (Å²) in [5.74, 6) is 0.00780. The molecule has 0 saturated heterocycles. The van der Waals surface area contributed by atoms with Crippen LogP contribution >= 0.6 is 0 Å². The van der Waals surface area contributed by atoms with E-state index in [9.17, 15) is 4.79 Å². The number of rotatable bonds is 4. The third kappa shape index (κ3) is 3.72. The lowest BCUT2D eigenvalue weighted by molar-refractivity contribution is 0.0977. The molecule has 1 heterocycles. The average Bonchev–Trinajstić information content (AvgIpc) is 2.67. The first-order valence-corrected chi connectivity index (χ1v) is 8.68. The lowest BCUT2D eigenvalue weighted by Gasteiger charge is -2.16. The van der Waals surface area contributed by atoms with Gasteiger partial charge in [-0.3, -0.25) is 15.1 Å². The van der Waals surface area contributed by atoms with E-state index >= 15 is 0 Å². The number of benzene rings is 2. The summed E-state index contributed by atoms with van der Waals surface area (Å²) in [5, 5.41) is 3.53. The van der Waals surface area contributed by atoms with Crippen molar-refractivity contribution in [3.8, 4) is 0 Å². The molecule has 0 bridgehead atoms. The second-order valence-corrected chi connectivity index (χ2v) is 6.20. The molecule has 1 atom stereocenters. The number of carbonyl (C=O) groups is 1. The van der Waals surface area contributed by atoms with Gasteiger partial charge in [0.1, 0.15) is 0 Å². The molecule has 5 nitrogen and oxygen atoms in total. The second kappa shape index (κ2) is 7.78. The number of nitrogens with two attached hydrogens (primary N) is 1. The summed E-state index contributed by atoms with van der Waals surface area (Å²) in [4.78, 5) is 21.7. The van der Waals surface area contributed by atoms with Gasteiger partial charge in [0.25, 0.3) is 5.91 Å². The van der Waals surface area contributed by atoms with E-state index in [1.54, 1.807) is 6.20 Å². The number of nitrogens with zero attached hydrogens (tertiary/aromatic N) is 2. The number of aliphatic imine (C=N–C) groups is 1. The van der Waals surface area contributed by atoms with Gasteiger partial charge in [-0.25, -0.2) is 4.99 Å². The Morgan fingerprint density at radius 3 is 2.58 bits per heavy atom. The first-order chi connectivity index (χ1) is 12.6. The van der Waals surface area contributed by atoms with Gasteiger partial charge in [0.05, 0.1) is 16.8 Å². The fourth-order valence-corrected chi connectivity index (χ4v) is 2.85. The van der Waals surface area contributed by atoms with Crippen molar-refractivity contribution < 1.29 is 4.79 Å². The van der Waals surface area contributed by atoms with Crippen LogP contribution in [0, 0.1) is 0 Å². The number of hydrogen-bond donors (Lipinski definition) is 2. The first kappa shape index (κ1) is 17.6. The van der Waals surface area contributed by atoms with E-state index in [1.165, 1.54) is 0 Å². The molecule has 132 valence electrons. The third-order valence-corrected chi connectivity index (χ3v) is 4.42. The Bertz CT molecular complexity index is 951. The lowest BCUT2D eigenvalue weighted by Crippen LogP contribution is -2.37. The van der Waals surface area contributed by atoms with Crippen molar-refractivity contribution >= 4 is 28.5 Å². The highest BCUT2D eigenvalue weighted by Gasteiger charge is 2.20. The van der Waals surface area contributed by atoms with Crippen LogP contribution in [0.5, 0.6) is 0 Å². The molecule has 0 fully saturated rings. The summed E-state index contributed by atoms with van der Waals surface area (Å²) in [6, 6.07) is 16.9. The van der Waals surface area contributed by atoms with Gasteiger partial charge in [0.2, 0.25) is 5.96 Å². The molecular weight excluding hydrogens is 324 g/mol. The zero-order valence-electron chi connectivity index (χ0n) is 14.9. The highest BCUT2D eigenvalue weighted by atomic mass is 16.1. The molecule has 1 aromatic heterocycles. The number of amides is 1. The number of carbonyl (C=O) groups excluding carboxylic acids is 1. The normalized spacial score (nSPS) is 12.8. The molecule has 1 unspecified atom stereocenters. The van der Waals surface area contributed by atoms with E-state index < -0.39 is 0 Å². The summed E-state index contributed by atoms with van der Waals surface area (Å²) in [6.45, 7) is 4.18. The molecule has 0 aliphatic heterocycles. The Balaban J connectivity index is 2.00. The topological polar surface area (TPSA) is 80.4 Å². The summed E-state index contributed by atoms with van der Waals surface area (Å²) in [6.07, 6.45) is 2.70. The molecule has 1 amide bonds. The van der Waals surface area contributed by atoms with Crippen LogP contribution in [0.3, 0.4) is 0 Å². The van der Waals surface area contributed by atoms with E-state index in [-0.39, 0.29) is 17.8 Å². The quantitative estimate of drug-likeness (QED) is 0.551. The van der Waals surface area contributed by atoms with Gasteiger partial charge in [0, 0.05) is 11.6 Å². The Morgan fingerprint density at radius 2 is 1.85 bits per heavy atom. The molecule has 5 heteroatoms. The Morgan fingerprint density at radius 1 is 1.15 bits per heavy atom. The van der Waals surface area contributed by atoms with Gasteiger partial charge < -0.3 is 5.73 Å². The number of pyridine rings is 1. The average molecular weight is 346 g/mol.